The first-order chi connectivity index (χ1) is 11.3. The van der Waals surface area contributed by atoms with Crippen LogP contribution in [0, 0.1) is 5.92 Å². The summed E-state index contributed by atoms with van der Waals surface area (Å²) in [5.74, 6) is 0.407. The predicted molar refractivity (Wildman–Crippen MR) is 87.4 cm³/mol. The molecule has 2 rings (SSSR count). The van der Waals surface area contributed by atoms with Crippen molar-refractivity contribution in [3.63, 3.8) is 0 Å². The number of nitrogens with one attached hydrogen (secondary N) is 1. The zero-order chi connectivity index (χ0) is 17.7. The van der Waals surface area contributed by atoms with Gasteiger partial charge in [-0.05, 0) is 27.2 Å². The molecule has 1 saturated heterocycles. The summed E-state index contributed by atoms with van der Waals surface area (Å²) >= 11 is 0. The van der Waals surface area contributed by atoms with Crippen LogP contribution in [0.1, 0.15) is 32.9 Å². The molecule has 24 heavy (non-hydrogen) atoms. The topological polar surface area (TPSA) is 93.7 Å². The summed E-state index contributed by atoms with van der Waals surface area (Å²) in [7, 11) is 1.40. The van der Waals surface area contributed by atoms with Gasteiger partial charge in [-0.25, -0.2) is 14.8 Å². The smallest absolute Gasteiger partial charge is 0.407 e. The van der Waals surface area contributed by atoms with Crippen LogP contribution in [0.4, 0.5) is 10.6 Å². The van der Waals surface area contributed by atoms with Crippen LogP contribution >= 0.6 is 0 Å². The molecule has 0 spiro atoms. The fourth-order valence-corrected chi connectivity index (χ4v) is 2.46. The predicted octanol–water partition coefficient (Wildman–Crippen LogP) is 1.50. The molecule has 1 aliphatic heterocycles. The molecule has 0 aliphatic carbocycles. The molecule has 0 unspecified atom stereocenters. The van der Waals surface area contributed by atoms with Crippen LogP contribution in [0.3, 0.4) is 0 Å². The van der Waals surface area contributed by atoms with Crippen molar-refractivity contribution in [1.29, 1.82) is 0 Å². The molecule has 0 bridgehead atoms. The SMILES string of the molecule is COC(=O)[C@@H]1CCN(c2cc(CNC(=O)OC(C)(C)C)ncn2)C1. The first-order valence-electron chi connectivity index (χ1n) is 7.89. The minimum absolute atomic E-state index is 0.131. The number of esters is 1. The third kappa shape index (κ3) is 5.07. The van der Waals surface area contributed by atoms with E-state index in [2.05, 4.69) is 15.3 Å². The number of amides is 1. The molecule has 2 heterocycles. The summed E-state index contributed by atoms with van der Waals surface area (Å²) < 4.78 is 9.97. The average Bonchev–Trinajstić information content (AvgIpc) is 3.01. The number of hydrogen-bond donors (Lipinski definition) is 1. The number of methoxy groups -OCH3 is 1. The summed E-state index contributed by atoms with van der Waals surface area (Å²) in [6.07, 6.45) is 1.70. The van der Waals surface area contributed by atoms with Crippen molar-refractivity contribution in [1.82, 2.24) is 15.3 Å². The third-order valence-electron chi connectivity index (χ3n) is 3.57. The van der Waals surface area contributed by atoms with E-state index >= 15 is 0 Å². The first kappa shape index (κ1) is 18.0. The molecular formula is C16H24N4O4. The molecule has 0 aromatic carbocycles. The third-order valence-corrected chi connectivity index (χ3v) is 3.57. The van der Waals surface area contributed by atoms with Crippen LogP contribution in [0.15, 0.2) is 12.4 Å². The Morgan fingerprint density at radius 3 is 2.79 bits per heavy atom. The maximum absolute atomic E-state index is 11.7. The van der Waals surface area contributed by atoms with Crippen LogP contribution in [0.25, 0.3) is 0 Å². The van der Waals surface area contributed by atoms with Crippen molar-refractivity contribution in [3.05, 3.63) is 18.1 Å². The highest BCUT2D eigenvalue weighted by Crippen LogP contribution is 2.23. The van der Waals surface area contributed by atoms with E-state index in [4.69, 9.17) is 9.47 Å². The number of anilines is 1. The Morgan fingerprint density at radius 2 is 2.12 bits per heavy atom. The fraction of sp³-hybridized carbons (Fsp3) is 0.625. The van der Waals surface area contributed by atoms with E-state index < -0.39 is 11.7 Å². The van der Waals surface area contributed by atoms with E-state index in [1.807, 2.05) is 4.90 Å². The summed E-state index contributed by atoms with van der Waals surface area (Å²) in [6, 6.07) is 1.80. The Balaban J connectivity index is 1.92. The normalized spacial score (nSPS) is 17.5. The van der Waals surface area contributed by atoms with Gasteiger partial charge in [0.05, 0.1) is 25.3 Å². The minimum Gasteiger partial charge on any atom is -0.469 e. The molecule has 8 nitrogen and oxygen atoms in total. The summed E-state index contributed by atoms with van der Waals surface area (Å²) in [5.41, 5.74) is 0.131. The monoisotopic (exact) mass is 336 g/mol. The van der Waals surface area contributed by atoms with Gasteiger partial charge in [-0.2, -0.15) is 0 Å². The average molecular weight is 336 g/mol. The number of hydrogen-bond acceptors (Lipinski definition) is 7. The number of carbonyl (C=O) groups excluding carboxylic acids is 2. The van der Waals surface area contributed by atoms with Gasteiger partial charge in [-0.3, -0.25) is 4.79 Å². The van der Waals surface area contributed by atoms with Gasteiger partial charge < -0.3 is 19.7 Å². The highest BCUT2D eigenvalue weighted by Gasteiger charge is 2.29. The molecule has 1 aromatic heterocycles. The van der Waals surface area contributed by atoms with Crippen molar-refractivity contribution in [2.75, 3.05) is 25.1 Å². The van der Waals surface area contributed by atoms with Gasteiger partial charge in [-0.15, -0.1) is 0 Å². The number of aromatic nitrogens is 2. The van der Waals surface area contributed by atoms with E-state index in [-0.39, 0.29) is 18.4 Å². The number of rotatable bonds is 4. The lowest BCUT2D eigenvalue weighted by Crippen LogP contribution is -2.32. The molecular weight excluding hydrogens is 312 g/mol. The van der Waals surface area contributed by atoms with Gasteiger partial charge in [0, 0.05) is 19.2 Å². The van der Waals surface area contributed by atoms with Crippen LogP contribution < -0.4 is 10.2 Å². The Labute approximate surface area is 141 Å². The van der Waals surface area contributed by atoms with E-state index in [1.165, 1.54) is 13.4 Å². The quantitative estimate of drug-likeness (QED) is 0.833. The Hall–Kier alpha value is -2.38. The Morgan fingerprint density at radius 1 is 1.38 bits per heavy atom. The molecule has 8 heteroatoms. The molecule has 0 radical (unpaired) electrons. The highest BCUT2D eigenvalue weighted by atomic mass is 16.6. The molecule has 0 saturated carbocycles. The van der Waals surface area contributed by atoms with Crippen molar-refractivity contribution >= 4 is 17.9 Å². The van der Waals surface area contributed by atoms with Gasteiger partial charge in [0.1, 0.15) is 17.7 Å². The fourth-order valence-electron chi connectivity index (χ4n) is 2.46. The summed E-state index contributed by atoms with van der Waals surface area (Å²) in [5, 5.41) is 2.67. The van der Waals surface area contributed by atoms with Crippen molar-refractivity contribution in [3.8, 4) is 0 Å². The van der Waals surface area contributed by atoms with E-state index in [1.54, 1.807) is 26.8 Å². The van der Waals surface area contributed by atoms with Crippen LogP contribution in [-0.2, 0) is 20.8 Å². The standard InChI is InChI=1S/C16H24N4O4/c1-16(2,3)24-15(22)17-8-12-7-13(19-10-18-12)20-6-5-11(9-20)14(21)23-4/h7,10-11H,5-6,8-9H2,1-4H3,(H,17,22)/t11-/m1/s1. The molecule has 1 fully saturated rings. The lowest BCUT2D eigenvalue weighted by Gasteiger charge is -2.20. The van der Waals surface area contributed by atoms with Crippen LogP contribution in [0.5, 0.6) is 0 Å². The van der Waals surface area contributed by atoms with Gasteiger partial charge in [0.15, 0.2) is 0 Å². The Kier molecular flexibility index (Phi) is 5.58. The highest BCUT2D eigenvalue weighted by molar-refractivity contribution is 5.74. The molecule has 132 valence electrons. The molecule has 1 aliphatic rings. The van der Waals surface area contributed by atoms with Gasteiger partial charge in [-0.1, -0.05) is 0 Å². The zero-order valence-corrected chi connectivity index (χ0v) is 14.5. The van der Waals surface area contributed by atoms with Crippen molar-refractivity contribution in [2.24, 2.45) is 5.92 Å². The van der Waals surface area contributed by atoms with Gasteiger partial charge >= 0.3 is 12.1 Å². The lowest BCUT2D eigenvalue weighted by atomic mass is 10.1. The number of carbonyl (C=O) groups is 2. The van der Waals surface area contributed by atoms with E-state index in [9.17, 15) is 9.59 Å². The van der Waals surface area contributed by atoms with E-state index in [0.717, 1.165) is 18.8 Å². The maximum Gasteiger partial charge on any atom is 0.407 e. The zero-order valence-electron chi connectivity index (χ0n) is 14.5. The molecule has 1 amide bonds. The second kappa shape index (κ2) is 7.46. The van der Waals surface area contributed by atoms with Gasteiger partial charge in [0.25, 0.3) is 0 Å². The molecule has 1 atom stereocenters. The second-order valence-electron chi connectivity index (χ2n) is 6.68. The minimum atomic E-state index is -0.542. The second-order valence-corrected chi connectivity index (χ2v) is 6.68. The van der Waals surface area contributed by atoms with Crippen LogP contribution in [0.2, 0.25) is 0 Å². The maximum atomic E-state index is 11.7. The van der Waals surface area contributed by atoms with Gasteiger partial charge in [0.2, 0.25) is 0 Å². The number of alkyl carbamates (subject to hydrolysis) is 1. The Bertz CT molecular complexity index is 600. The number of nitrogens with zero attached hydrogens (tertiary/aromatic N) is 3. The number of ether oxygens (including phenoxy) is 2. The largest absolute Gasteiger partial charge is 0.469 e. The van der Waals surface area contributed by atoms with Crippen LogP contribution in [-0.4, -0.2) is 47.8 Å². The van der Waals surface area contributed by atoms with Crippen molar-refractivity contribution in [2.45, 2.75) is 39.3 Å². The first-order valence-corrected chi connectivity index (χ1v) is 7.89. The summed E-state index contributed by atoms with van der Waals surface area (Å²) in [4.78, 5) is 33.7. The van der Waals surface area contributed by atoms with E-state index in [0.29, 0.717) is 12.2 Å². The molecule has 1 N–H and O–H groups in total. The van der Waals surface area contributed by atoms with Crippen molar-refractivity contribution < 1.29 is 19.1 Å². The lowest BCUT2D eigenvalue weighted by molar-refractivity contribution is -0.144. The summed E-state index contributed by atoms with van der Waals surface area (Å²) in [6.45, 7) is 6.97. The molecule has 1 aromatic rings.